The third-order valence-corrected chi connectivity index (χ3v) is 1.49. The maximum atomic E-state index is 10.5. The van der Waals surface area contributed by atoms with Crippen molar-refractivity contribution in [2.24, 2.45) is 0 Å². The molecule has 1 rings (SSSR count). The lowest BCUT2D eigenvalue weighted by Gasteiger charge is -2.00. The van der Waals surface area contributed by atoms with E-state index >= 15 is 0 Å². The van der Waals surface area contributed by atoms with E-state index in [4.69, 9.17) is 11.3 Å². The first-order valence-electron chi connectivity index (χ1n) is 3.39. The molecular weight excluding hydrogens is 172 g/mol. The number of ether oxygens (including phenoxy) is 1. The minimum atomic E-state index is -0.576. The van der Waals surface area contributed by atoms with E-state index in [1.165, 1.54) is 25.3 Å². The number of hydrogen-bond acceptors (Lipinski definition) is 3. The minimum Gasteiger partial charge on any atom is -0.490 e. The number of hydrogen-bond donors (Lipinski definition) is 0. The van der Waals surface area contributed by atoms with Gasteiger partial charge in [-0.2, -0.15) is 0 Å². The average Bonchev–Trinajstić information content (AvgIpc) is 2.16. The molecular formula is C8H6N2O3. The fourth-order valence-corrected chi connectivity index (χ4v) is 0.891. The Bertz CT molecular complexity index is 381. The van der Waals surface area contributed by atoms with E-state index in [0.717, 1.165) is 0 Å². The Balaban J connectivity index is 3.28. The van der Waals surface area contributed by atoms with Crippen molar-refractivity contribution in [3.63, 3.8) is 0 Å². The summed E-state index contributed by atoms with van der Waals surface area (Å²) in [6.07, 6.45) is 0. The Labute approximate surface area is 74.5 Å². The van der Waals surface area contributed by atoms with E-state index in [9.17, 15) is 10.1 Å². The SMILES string of the molecule is [C-]#[N+]c1ccc(OC)c([N+](=O)[O-])c1. The molecule has 0 aliphatic heterocycles. The van der Waals surface area contributed by atoms with Crippen molar-refractivity contribution >= 4 is 11.4 Å². The Morgan fingerprint density at radius 1 is 1.62 bits per heavy atom. The van der Waals surface area contributed by atoms with Crippen LogP contribution in [0.1, 0.15) is 0 Å². The number of nitro groups is 1. The van der Waals surface area contributed by atoms with Gasteiger partial charge in [0.2, 0.25) is 0 Å². The normalized spacial score (nSPS) is 8.92. The van der Waals surface area contributed by atoms with Crippen LogP contribution >= 0.6 is 0 Å². The first-order chi connectivity index (χ1) is 6.19. The topological polar surface area (TPSA) is 56.7 Å². The van der Waals surface area contributed by atoms with E-state index in [2.05, 4.69) is 4.85 Å². The number of nitrogens with zero attached hydrogens (tertiary/aromatic N) is 2. The maximum absolute atomic E-state index is 10.5. The highest BCUT2D eigenvalue weighted by Gasteiger charge is 2.14. The van der Waals surface area contributed by atoms with Crippen LogP contribution in [0.2, 0.25) is 0 Å². The fraction of sp³-hybridized carbons (Fsp3) is 0.125. The van der Waals surface area contributed by atoms with E-state index < -0.39 is 4.92 Å². The Hall–Kier alpha value is -2.09. The molecule has 0 fully saturated rings. The quantitative estimate of drug-likeness (QED) is 0.396. The largest absolute Gasteiger partial charge is 0.490 e. The highest BCUT2D eigenvalue weighted by molar-refractivity contribution is 5.58. The summed E-state index contributed by atoms with van der Waals surface area (Å²) in [5.41, 5.74) is 0.0449. The second-order valence-electron chi connectivity index (χ2n) is 2.23. The van der Waals surface area contributed by atoms with Crippen LogP contribution in [0.3, 0.4) is 0 Å². The first-order valence-corrected chi connectivity index (χ1v) is 3.39. The maximum Gasteiger partial charge on any atom is 0.300 e. The molecule has 0 radical (unpaired) electrons. The monoisotopic (exact) mass is 178 g/mol. The van der Waals surface area contributed by atoms with Crippen LogP contribution in [-0.2, 0) is 0 Å². The van der Waals surface area contributed by atoms with E-state index in [-0.39, 0.29) is 17.1 Å². The van der Waals surface area contributed by atoms with Gasteiger partial charge in [0.25, 0.3) is 0 Å². The third kappa shape index (κ3) is 1.73. The molecule has 0 unspecified atom stereocenters. The van der Waals surface area contributed by atoms with Gasteiger partial charge in [0.1, 0.15) is 0 Å². The van der Waals surface area contributed by atoms with Gasteiger partial charge in [0.05, 0.1) is 18.6 Å². The molecule has 13 heavy (non-hydrogen) atoms. The van der Waals surface area contributed by atoms with Crippen molar-refractivity contribution in [2.45, 2.75) is 0 Å². The molecule has 0 spiro atoms. The Morgan fingerprint density at radius 3 is 2.77 bits per heavy atom. The Morgan fingerprint density at radius 2 is 2.31 bits per heavy atom. The van der Waals surface area contributed by atoms with E-state index in [1.54, 1.807) is 0 Å². The number of rotatable bonds is 2. The molecule has 0 aliphatic carbocycles. The van der Waals surface area contributed by atoms with Gasteiger partial charge >= 0.3 is 5.69 Å². The van der Waals surface area contributed by atoms with Crippen LogP contribution in [0.15, 0.2) is 18.2 Å². The van der Waals surface area contributed by atoms with Crippen LogP contribution in [0.25, 0.3) is 4.85 Å². The molecule has 66 valence electrons. The van der Waals surface area contributed by atoms with Crippen molar-refractivity contribution in [3.8, 4) is 5.75 Å². The summed E-state index contributed by atoms with van der Waals surface area (Å²) in [6, 6.07) is 4.07. The second-order valence-corrected chi connectivity index (χ2v) is 2.23. The second kappa shape index (κ2) is 3.54. The lowest BCUT2D eigenvalue weighted by Crippen LogP contribution is -1.92. The molecule has 0 aliphatic rings. The standard InChI is InChI=1S/C8H6N2O3/c1-9-6-3-4-8(13-2)7(5-6)10(11)12/h3-5H,2H3. The minimum absolute atomic E-state index is 0.164. The first kappa shape index (κ1) is 9.00. The zero-order chi connectivity index (χ0) is 9.84. The smallest absolute Gasteiger partial charge is 0.300 e. The molecule has 5 heteroatoms. The molecule has 0 saturated heterocycles. The fourth-order valence-electron chi connectivity index (χ4n) is 0.891. The van der Waals surface area contributed by atoms with Gasteiger partial charge in [-0.3, -0.25) is 10.1 Å². The van der Waals surface area contributed by atoms with Gasteiger partial charge in [-0.15, -0.1) is 0 Å². The molecule has 0 saturated carbocycles. The van der Waals surface area contributed by atoms with Gasteiger partial charge < -0.3 is 4.74 Å². The van der Waals surface area contributed by atoms with Crippen molar-refractivity contribution in [1.82, 2.24) is 0 Å². The van der Waals surface area contributed by atoms with Crippen LogP contribution in [0.5, 0.6) is 5.75 Å². The highest BCUT2D eigenvalue weighted by atomic mass is 16.6. The molecule has 1 aromatic carbocycles. The number of methoxy groups -OCH3 is 1. The molecule has 1 aromatic rings. The number of nitro benzene ring substituents is 1. The van der Waals surface area contributed by atoms with Gasteiger partial charge in [0, 0.05) is 6.07 Å². The van der Waals surface area contributed by atoms with Gasteiger partial charge in [-0.1, -0.05) is 6.07 Å². The summed E-state index contributed by atoms with van der Waals surface area (Å²) in [7, 11) is 1.35. The summed E-state index contributed by atoms with van der Waals surface area (Å²) in [5.74, 6) is 0.164. The summed E-state index contributed by atoms with van der Waals surface area (Å²) < 4.78 is 4.76. The van der Waals surface area contributed by atoms with Crippen molar-refractivity contribution in [3.05, 3.63) is 39.7 Å². The predicted molar refractivity (Wildman–Crippen MR) is 45.9 cm³/mol. The van der Waals surface area contributed by atoms with Crippen LogP contribution in [-0.4, -0.2) is 12.0 Å². The van der Waals surface area contributed by atoms with Crippen LogP contribution in [0, 0.1) is 16.7 Å². The van der Waals surface area contributed by atoms with Gasteiger partial charge in [0.15, 0.2) is 11.4 Å². The molecule has 0 bridgehead atoms. The zero-order valence-electron chi connectivity index (χ0n) is 6.85. The lowest BCUT2D eigenvalue weighted by atomic mass is 10.2. The third-order valence-electron chi connectivity index (χ3n) is 1.49. The van der Waals surface area contributed by atoms with Crippen LogP contribution < -0.4 is 4.74 Å². The lowest BCUT2D eigenvalue weighted by molar-refractivity contribution is -0.385. The molecule has 0 N–H and O–H groups in total. The van der Waals surface area contributed by atoms with Crippen molar-refractivity contribution in [1.29, 1.82) is 0 Å². The summed E-state index contributed by atoms with van der Waals surface area (Å²) >= 11 is 0. The molecule has 0 atom stereocenters. The summed E-state index contributed by atoms with van der Waals surface area (Å²) in [6.45, 7) is 6.67. The Kier molecular flexibility index (Phi) is 2.45. The van der Waals surface area contributed by atoms with Crippen LogP contribution in [0.4, 0.5) is 11.4 Å². The van der Waals surface area contributed by atoms with Gasteiger partial charge in [-0.05, 0) is 6.07 Å². The molecule has 0 heterocycles. The molecule has 0 amide bonds. The highest BCUT2D eigenvalue weighted by Crippen LogP contribution is 2.30. The van der Waals surface area contributed by atoms with Gasteiger partial charge in [-0.25, -0.2) is 4.85 Å². The molecule has 5 nitrogen and oxygen atoms in total. The van der Waals surface area contributed by atoms with E-state index in [0.29, 0.717) is 0 Å². The zero-order valence-corrected chi connectivity index (χ0v) is 6.85. The molecule has 0 aromatic heterocycles. The number of benzene rings is 1. The van der Waals surface area contributed by atoms with E-state index in [1.807, 2.05) is 0 Å². The van der Waals surface area contributed by atoms with Crippen molar-refractivity contribution < 1.29 is 9.66 Å². The average molecular weight is 178 g/mol. The summed E-state index contributed by atoms with van der Waals surface area (Å²) in [5, 5.41) is 10.5. The predicted octanol–water partition coefficient (Wildman–Crippen LogP) is 2.15. The van der Waals surface area contributed by atoms with Crippen molar-refractivity contribution in [2.75, 3.05) is 7.11 Å². The summed E-state index contributed by atoms with van der Waals surface area (Å²) in [4.78, 5) is 13.0.